The third-order valence-corrected chi connectivity index (χ3v) is 5.32. The largest absolute Gasteiger partial charge is 0.464 e. The van der Waals surface area contributed by atoms with E-state index in [1.807, 2.05) is 12.1 Å². The minimum Gasteiger partial charge on any atom is -0.464 e. The summed E-state index contributed by atoms with van der Waals surface area (Å²) in [6.45, 7) is 2.90. The van der Waals surface area contributed by atoms with Crippen LogP contribution in [0.4, 0.5) is 4.79 Å². The van der Waals surface area contributed by atoms with E-state index in [2.05, 4.69) is 20.2 Å². The van der Waals surface area contributed by atoms with E-state index in [-0.39, 0.29) is 0 Å². The van der Waals surface area contributed by atoms with Crippen molar-refractivity contribution in [2.24, 2.45) is 0 Å². The van der Waals surface area contributed by atoms with Crippen LogP contribution < -0.4 is 10.1 Å². The monoisotopic (exact) mass is 365 g/mol. The zero-order chi connectivity index (χ0) is 18.4. The van der Waals surface area contributed by atoms with Crippen molar-refractivity contribution in [1.82, 2.24) is 24.8 Å². The highest BCUT2D eigenvalue weighted by atomic mass is 16.5. The van der Waals surface area contributed by atoms with Gasteiger partial charge in [-0.05, 0) is 30.7 Å². The molecule has 1 aromatic carbocycles. The first-order chi connectivity index (χ1) is 13.2. The lowest BCUT2D eigenvalue weighted by molar-refractivity contribution is 0.197. The number of piperazine rings is 1. The summed E-state index contributed by atoms with van der Waals surface area (Å²) in [4.78, 5) is 22.2. The van der Waals surface area contributed by atoms with Gasteiger partial charge in [0.15, 0.2) is 0 Å². The summed E-state index contributed by atoms with van der Waals surface area (Å²) in [5.74, 6) is 1.10. The van der Waals surface area contributed by atoms with Crippen LogP contribution >= 0.6 is 0 Å². The molecule has 2 saturated heterocycles. The number of rotatable bonds is 4. The minimum absolute atomic E-state index is 0.486. The van der Waals surface area contributed by atoms with Gasteiger partial charge in [0.1, 0.15) is 12.1 Å². The van der Waals surface area contributed by atoms with E-state index in [0.29, 0.717) is 29.2 Å². The van der Waals surface area contributed by atoms with Crippen LogP contribution in [-0.4, -0.2) is 55.8 Å². The number of likely N-dealkylation sites (tertiary alicyclic amines) is 1. The van der Waals surface area contributed by atoms with Crippen LogP contribution in [0.15, 0.2) is 42.9 Å². The van der Waals surface area contributed by atoms with Gasteiger partial charge < -0.3 is 15.2 Å². The molecule has 3 aromatic rings. The van der Waals surface area contributed by atoms with Gasteiger partial charge in [-0.2, -0.15) is 0 Å². The first kappa shape index (κ1) is 16.2. The first-order valence-electron chi connectivity index (χ1n) is 8.96. The van der Waals surface area contributed by atoms with Crippen molar-refractivity contribution < 1.29 is 14.6 Å². The molecule has 2 aliphatic rings. The topological polar surface area (TPSA) is 92.5 Å². The number of fused-ring (bicyclic) bond motifs is 3. The molecule has 8 nitrogen and oxygen atoms in total. The molecule has 2 bridgehead atoms. The summed E-state index contributed by atoms with van der Waals surface area (Å²) in [6.07, 6.45) is 3.25. The van der Waals surface area contributed by atoms with Crippen molar-refractivity contribution in [3.05, 3.63) is 48.5 Å². The van der Waals surface area contributed by atoms with E-state index < -0.39 is 6.09 Å². The number of carboxylic acid groups (broad SMARTS) is 1. The Bertz CT molecular complexity index is 1020. The molecule has 2 fully saturated rings. The zero-order valence-corrected chi connectivity index (χ0v) is 14.6. The summed E-state index contributed by atoms with van der Waals surface area (Å²) >= 11 is 0. The van der Waals surface area contributed by atoms with Gasteiger partial charge in [-0.15, -0.1) is 0 Å². The van der Waals surface area contributed by atoms with E-state index in [1.54, 1.807) is 18.2 Å². The van der Waals surface area contributed by atoms with Crippen molar-refractivity contribution in [3.8, 4) is 11.6 Å². The van der Waals surface area contributed by atoms with E-state index in [9.17, 15) is 4.79 Å². The maximum atomic E-state index is 11.2. The quantitative estimate of drug-likeness (QED) is 0.733. The Kier molecular flexibility index (Phi) is 3.80. The Hall–Kier alpha value is -2.97. The maximum Gasteiger partial charge on any atom is 0.415 e. The molecule has 4 heterocycles. The average molecular weight is 365 g/mol. The third kappa shape index (κ3) is 3.02. The molecule has 5 rings (SSSR count). The van der Waals surface area contributed by atoms with Gasteiger partial charge in [-0.25, -0.2) is 14.8 Å². The van der Waals surface area contributed by atoms with Gasteiger partial charge in [0, 0.05) is 49.4 Å². The van der Waals surface area contributed by atoms with Crippen LogP contribution in [0.3, 0.4) is 0 Å². The molecule has 2 unspecified atom stereocenters. The van der Waals surface area contributed by atoms with Crippen LogP contribution in [0.2, 0.25) is 0 Å². The van der Waals surface area contributed by atoms with E-state index >= 15 is 0 Å². The number of hydrogen-bond acceptors (Lipinski definition) is 6. The molecule has 0 radical (unpaired) electrons. The first-order valence-corrected chi connectivity index (χ1v) is 8.96. The molecule has 0 aliphatic carbocycles. The summed E-state index contributed by atoms with van der Waals surface area (Å²) in [5, 5.41) is 13.5. The van der Waals surface area contributed by atoms with Crippen LogP contribution in [0.1, 0.15) is 12.1 Å². The normalized spacial score (nSPS) is 21.8. The number of aromatic nitrogens is 3. The fraction of sp³-hybridized carbons (Fsp3) is 0.316. The lowest BCUT2D eigenvalue weighted by Gasteiger charge is -2.26. The Balaban J connectivity index is 1.33. The Morgan fingerprint density at radius 2 is 2.22 bits per heavy atom. The maximum absolute atomic E-state index is 11.2. The molecule has 8 heteroatoms. The van der Waals surface area contributed by atoms with Gasteiger partial charge in [0.2, 0.25) is 5.88 Å². The standard InChI is InChI=1S/C19H19N5O3/c25-19(26)24-4-3-12-5-16(1-2-17(12)24)27-18-7-14(21-11-22-18)10-23-9-13-6-15(23)8-20-13/h1-5,7,11,13,15,20H,6,8-10H2,(H,25,26). The van der Waals surface area contributed by atoms with Gasteiger partial charge >= 0.3 is 6.09 Å². The van der Waals surface area contributed by atoms with Crippen molar-refractivity contribution in [2.45, 2.75) is 25.0 Å². The SMILES string of the molecule is O=C(O)n1ccc2cc(Oc3cc(CN4CC5CC4CN5)ncn3)ccc21. The van der Waals surface area contributed by atoms with E-state index in [1.165, 1.54) is 23.5 Å². The number of nitrogens with one attached hydrogen (secondary N) is 1. The average Bonchev–Trinajstić information content (AvgIpc) is 3.36. The van der Waals surface area contributed by atoms with Crippen molar-refractivity contribution >= 4 is 17.0 Å². The number of carbonyl (C=O) groups is 1. The zero-order valence-electron chi connectivity index (χ0n) is 14.6. The molecule has 2 aromatic heterocycles. The van der Waals surface area contributed by atoms with Gasteiger partial charge in [0.05, 0.1) is 11.2 Å². The fourth-order valence-electron chi connectivity index (χ4n) is 4.04. The van der Waals surface area contributed by atoms with E-state index in [0.717, 1.165) is 30.7 Å². The Labute approximate surface area is 155 Å². The molecule has 2 aliphatic heterocycles. The molecular weight excluding hydrogens is 346 g/mol. The number of hydrogen-bond donors (Lipinski definition) is 2. The molecule has 27 heavy (non-hydrogen) atoms. The van der Waals surface area contributed by atoms with Crippen LogP contribution in [0, 0.1) is 0 Å². The van der Waals surface area contributed by atoms with Crippen molar-refractivity contribution in [3.63, 3.8) is 0 Å². The minimum atomic E-state index is -1.01. The summed E-state index contributed by atoms with van der Waals surface area (Å²) in [6, 6.07) is 10.1. The Morgan fingerprint density at radius 1 is 1.30 bits per heavy atom. The summed E-state index contributed by atoms with van der Waals surface area (Å²) in [7, 11) is 0. The number of benzene rings is 1. The molecule has 0 saturated carbocycles. The van der Waals surface area contributed by atoms with Crippen LogP contribution in [0.5, 0.6) is 11.6 Å². The second-order valence-corrected chi connectivity index (χ2v) is 7.06. The van der Waals surface area contributed by atoms with Crippen molar-refractivity contribution in [1.29, 1.82) is 0 Å². The Morgan fingerprint density at radius 3 is 3.00 bits per heavy atom. The fourth-order valence-corrected chi connectivity index (χ4v) is 4.04. The molecule has 2 N–H and O–H groups in total. The predicted octanol–water partition coefficient (Wildman–Crippen LogP) is 2.30. The number of ether oxygens (including phenoxy) is 1. The summed E-state index contributed by atoms with van der Waals surface area (Å²) in [5.41, 5.74) is 1.56. The smallest absolute Gasteiger partial charge is 0.415 e. The van der Waals surface area contributed by atoms with Crippen LogP contribution in [-0.2, 0) is 6.54 Å². The van der Waals surface area contributed by atoms with Gasteiger partial charge in [-0.1, -0.05) is 0 Å². The molecular formula is C19H19N5O3. The molecule has 2 atom stereocenters. The highest BCUT2D eigenvalue weighted by molar-refractivity contribution is 5.89. The highest BCUT2D eigenvalue weighted by Crippen LogP contribution is 2.27. The molecule has 0 spiro atoms. The lowest BCUT2D eigenvalue weighted by Crippen LogP contribution is -2.43. The van der Waals surface area contributed by atoms with Crippen molar-refractivity contribution in [2.75, 3.05) is 13.1 Å². The van der Waals surface area contributed by atoms with Crippen LogP contribution in [0.25, 0.3) is 10.9 Å². The van der Waals surface area contributed by atoms with E-state index in [4.69, 9.17) is 9.84 Å². The van der Waals surface area contributed by atoms with Gasteiger partial charge in [0.25, 0.3) is 0 Å². The lowest BCUT2D eigenvalue weighted by atomic mass is 10.2. The molecule has 138 valence electrons. The second-order valence-electron chi connectivity index (χ2n) is 7.06. The summed E-state index contributed by atoms with van der Waals surface area (Å²) < 4.78 is 7.07. The predicted molar refractivity (Wildman–Crippen MR) is 98.1 cm³/mol. The second kappa shape index (κ2) is 6.33. The third-order valence-electron chi connectivity index (χ3n) is 5.32. The molecule has 0 amide bonds. The number of nitrogens with zero attached hydrogens (tertiary/aromatic N) is 4. The van der Waals surface area contributed by atoms with Gasteiger partial charge in [-0.3, -0.25) is 9.47 Å². The highest BCUT2D eigenvalue weighted by Gasteiger charge is 2.37.